The first-order valence-corrected chi connectivity index (χ1v) is 4.23. The summed E-state index contributed by atoms with van der Waals surface area (Å²) >= 11 is 0. The summed E-state index contributed by atoms with van der Waals surface area (Å²) in [6.07, 6.45) is 2.07. The van der Waals surface area contributed by atoms with Crippen molar-refractivity contribution < 1.29 is 10.2 Å². The zero-order valence-corrected chi connectivity index (χ0v) is 7.16. The van der Waals surface area contributed by atoms with Crippen LogP contribution in [-0.2, 0) is 0 Å². The Labute approximate surface area is 68.2 Å². The number of hydrogen-bond donors (Lipinski definition) is 3. The molecule has 68 valence electrons. The molecule has 0 aromatic heterocycles. The van der Waals surface area contributed by atoms with Gasteiger partial charge in [0.2, 0.25) is 0 Å². The molecule has 0 spiro atoms. The van der Waals surface area contributed by atoms with Gasteiger partial charge in [-0.2, -0.15) is 0 Å². The van der Waals surface area contributed by atoms with Crippen molar-refractivity contribution in [3.63, 3.8) is 0 Å². The van der Waals surface area contributed by atoms with Gasteiger partial charge in [0.1, 0.15) is 0 Å². The van der Waals surface area contributed by atoms with E-state index in [4.69, 9.17) is 15.9 Å². The summed E-state index contributed by atoms with van der Waals surface area (Å²) in [5.41, 5.74) is 5.38. The fourth-order valence-electron chi connectivity index (χ4n) is 1.18. The third kappa shape index (κ3) is 5.18. The highest BCUT2D eigenvalue weighted by molar-refractivity contribution is 4.63. The maximum atomic E-state index is 9.10. The minimum atomic E-state index is -0.563. The fourth-order valence-corrected chi connectivity index (χ4v) is 1.18. The smallest absolute Gasteiger partial charge is 0.0773 e. The average Bonchev–Trinajstić information content (AvgIpc) is 2.03. The van der Waals surface area contributed by atoms with Crippen LogP contribution < -0.4 is 5.73 Å². The summed E-state index contributed by atoms with van der Waals surface area (Å²) in [5.74, 6) is 0.460. The SMILES string of the molecule is CCC(CCN)CC(O)CO. The van der Waals surface area contributed by atoms with Crippen molar-refractivity contribution in [2.45, 2.75) is 32.3 Å². The molecule has 0 rings (SSSR count). The van der Waals surface area contributed by atoms with Gasteiger partial charge in [0.05, 0.1) is 12.7 Å². The van der Waals surface area contributed by atoms with Gasteiger partial charge in [0.15, 0.2) is 0 Å². The topological polar surface area (TPSA) is 66.5 Å². The maximum absolute atomic E-state index is 9.10. The summed E-state index contributed by atoms with van der Waals surface area (Å²) < 4.78 is 0. The van der Waals surface area contributed by atoms with Gasteiger partial charge in [-0.3, -0.25) is 0 Å². The molecule has 2 unspecified atom stereocenters. The van der Waals surface area contributed by atoms with Crippen LogP contribution >= 0.6 is 0 Å². The predicted octanol–water partition coefficient (Wildman–Crippen LogP) is 0.105. The molecule has 0 aliphatic carbocycles. The number of rotatable bonds is 6. The highest BCUT2D eigenvalue weighted by Gasteiger charge is 2.10. The molecule has 2 atom stereocenters. The maximum Gasteiger partial charge on any atom is 0.0773 e. The molecule has 3 heteroatoms. The lowest BCUT2D eigenvalue weighted by atomic mass is 9.96. The molecule has 3 nitrogen and oxygen atoms in total. The number of aliphatic hydroxyl groups is 2. The van der Waals surface area contributed by atoms with Crippen LogP contribution in [0.5, 0.6) is 0 Å². The molecular formula is C8H19NO2. The molecule has 0 heterocycles. The number of aliphatic hydroxyl groups excluding tert-OH is 2. The van der Waals surface area contributed by atoms with Crippen LogP contribution in [0.2, 0.25) is 0 Å². The molecule has 0 aromatic carbocycles. The number of hydrogen-bond acceptors (Lipinski definition) is 3. The lowest BCUT2D eigenvalue weighted by molar-refractivity contribution is 0.0724. The van der Waals surface area contributed by atoms with Crippen molar-refractivity contribution in [2.75, 3.05) is 13.2 Å². The van der Waals surface area contributed by atoms with Gasteiger partial charge in [-0.1, -0.05) is 13.3 Å². The van der Waals surface area contributed by atoms with E-state index in [9.17, 15) is 0 Å². The van der Waals surface area contributed by atoms with Crippen molar-refractivity contribution in [3.05, 3.63) is 0 Å². The third-order valence-corrected chi connectivity index (χ3v) is 1.97. The molecule has 0 saturated carbocycles. The van der Waals surface area contributed by atoms with E-state index in [1.54, 1.807) is 0 Å². The molecule has 11 heavy (non-hydrogen) atoms. The van der Waals surface area contributed by atoms with Gasteiger partial charge < -0.3 is 15.9 Å². The zero-order chi connectivity index (χ0) is 8.69. The van der Waals surface area contributed by atoms with Gasteiger partial charge in [-0.05, 0) is 25.3 Å². The third-order valence-electron chi connectivity index (χ3n) is 1.97. The van der Waals surface area contributed by atoms with Gasteiger partial charge in [-0.25, -0.2) is 0 Å². The summed E-state index contributed by atoms with van der Waals surface area (Å²) in [6, 6.07) is 0. The van der Waals surface area contributed by atoms with E-state index in [-0.39, 0.29) is 6.61 Å². The Morgan fingerprint density at radius 2 is 2.09 bits per heavy atom. The molecule has 0 bridgehead atoms. The first kappa shape index (κ1) is 10.9. The van der Waals surface area contributed by atoms with Crippen LogP contribution in [0.25, 0.3) is 0 Å². The predicted molar refractivity (Wildman–Crippen MR) is 45.2 cm³/mol. The molecule has 0 fully saturated rings. The van der Waals surface area contributed by atoms with Crippen LogP contribution in [0.3, 0.4) is 0 Å². The quantitative estimate of drug-likeness (QED) is 0.518. The minimum Gasteiger partial charge on any atom is -0.394 e. The Bertz CT molecular complexity index is 88.2. The molecule has 0 aliphatic heterocycles. The van der Waals surface area contributed by atoms with E-state index in [0.29, 0.717) is 18.9 Å². The Hall–Kier alpha value is -0.120. The van der Waals surface area contributed by atoms with Crippen molar-refractivity contribution in [1.82, 2.24) is 0 Å². The highest BCUT2D eigenvalue weighted by Crippen LogP contribution is 2.14. The minimum absolute atomic E-state index is 0.138. The van der Waals surface area contributed by atoms with Crippen LogP contribution in [0.4, 0.5) is 0 Å². The van der Waals surface area contributed by atoms with E-state index in [2.05, 4.69) is 6.92 Å². The fraction of sp³-hybridized carbons (Fsp3) is 1.00. The molecule has 0 radical (unpaired) electrons. The lowest BCUT2D eigenvalue weighted by Gasteiger charge is -2.16. The molecule has 0 saturated heterocycles. The average molecular weight is 161 g/mol. The Balaban J connectivity index is 3.49. The van der Waals surface area contributed by atoms with E-state index >= 15 is 0 Å². The molecule has 4 N–H and O–H groups in total. The van der Waals surface area contributed by atoms with E-state index in [0.717, 1.165) is 12.8 Å². The van der Waals surface area contributed by atoms with Crippen LogP contribution in [0.1, 0.15) is 26.2 Å². The Morgan fingerprint density at radius 3 is 2.45 bits per heavy atom. The Morgan fingerprint density at radius 1 is 1.45 bits per heavy atom. The van der Waals surface area contributed by atoms with Crippen molar-refractivity contribution in [2.24, 2.45) is 11.7 Å². The van der Waals surface area contributed by atoms with E-state index < -0.39 is 6.10 Å². The summed E-state index contributed by atoms with van der Waals surface area (Å²) in [7, 11) is 0. The molecule has 0 aliphatic rings. The van der Waals surface area contributed by atoms with Crippen molar-refractivity contribution >= 4 is 0 Å². The zero-order valence-electron chi connectivity index (χ0n) is 7.16. The Kier molecular flexibility index (Phi) is 6.51. The number of nitrogens with two attached hydrogens (primary N) is 1. The van der Waals surface area contributed by atoms with Gasteiger partial charge >= 0.3 is 0 Å². The van der Waals surface area contributed by atoms with Crippen molar-refractivity contribution in [3.8, 4) is 0 Å². The molecule has 0 amide bonds. The second kappa shape index (κ2) is 6.58. The molecule has 0 aromatic rings. The van der Waals surface area contributed by atoms with Crippen LogP contribution in [-0.4, -0.2) is 29.5 Å². The van der Waals surface area contributed by atoms with E-state index in [1.165, 1.54) is 0 Å². The monoisotopic (exact) mass is 161 g/mol. The lowest BCUT2D eigenvalue weighted by Crippen LogP contribution is -2.19. The normalized spacial score (nSPS) is 16.4. The molecular weight excluding hydrogens is 142 g/mol. The summed E-state index contributed by atoms with van der Waals surface area (Å²) in [6.45, 7) is 2.60. The highest BCUT2D eigenvalue weighted by atomic mass is 16.3. The standard InChI is InChI=1S/C8H19NO2/c1-2-7(3-4-9)5-8(11)6-10/h7-8,10-11H,2-6,9H2,1H3. The first-order chi connectivity index (χ1) is 5.24. The van der Waals surface area contributed by atoms with E-state index in [1.807, 2.05) is 0 Å². The van der Waals surface area contributed by atoms with Crippen LogP contribution in [0.15, 0.2) is 0 Å². The van der Waals surface area contributed by atoms with Gasteiger partial charge in [0, 0.05) is 0 Å². The summed E-state index contributed by atoms with van der Waals surface area (Å²) in [5, 5.41) is 17.7. The van der Waals surface area contributed by atoms with Gasteiger partial charge in [-0.15, -0.1) is 0 Å². The summed E-state index contributed by atoms with van der Waals surface area (Å²) in [4.78, 5) is 0. The van der Waals surface area contributed by atoms with Crippen molar-refractivity contribution in [1.29, 1.82) is 0 Å². The van der Waals surface area contributed by atoms with Crippen LogP contribution in [0, 0.1) is 5.92 Å². The largest absolute Gasteiger partial charge is 0.394 e. The second-order valence-corrected chi connectivity index (χ2v) is 2.92. The van der Waals surface area contributed by atoms with Gasteiger partial charge in [0.25, 0.3) is 0 Å². The first-order valence-electron chi connectivity index (χ1n) is 4.23. The second-order valence-electron chi connectivity index (χ2n) is 2.92.